The van der Waals surface area contributed by atoms with Gasteiger partial charge in [-0.25, -0.2) is 33.7 Å². The Labute approximate surface area is 288 Å². The van der Waals surface area contributed by atoms with Gasteiger partial charge in [0.2, 0.25) is 0 Å². The van der Waals surface area contributed by atoms with E-state index in [4.69, 9.17) is 0 Å². The van der Waals surface area contributed by atoms with Gasteiger partial charge in [0, 0.05) is 0 Å². The van der Waals surface area contributed by atoms with Crippen LogP contribution in [-0.2, 0) is 40.5 Å². The fraction of sp³-hybridized carbons (Fsp3) is 0. The van der Waals surface area contributed by atoms with E-state index in [1.54, 1.807) is 24.3 Å². The number of benzene rings is 4. The quantitative estimate of drug-likeness (QED) is 0.217. The predicted octanol–water partition coefficient (Wildman–Crippen LogP) is 5.02. The molecule has 0 heterocycles. The first kappa shape index (κ1) is 44.5. The van der Waals surface area contributed by atoms with Gasteiger partial charge in [0.05, 0.1) is 19.6 Å². The summed E-state index contributed by atoms with van der Waals surface area (Å²) < 4.78 is 125. The largest absolute Gasteiger partial charge is 4.00 e. The van der Waals surface area contributed by atoms with Gasteiger partial charge in [0.15, 0.2) is 0 Å². The van der Waals surface area contributed by atoms with Crippen LogP contribution in [0.15, 0.2) is 143 Å². The zero-order chi connectivity index (χ0) is 36.8. The van der Waals surface area contributed by atoms with Crippen LogP contribution >= 0.6 is 0 Å². The molecule has 0 unspecified atom stereocenters. The van der Waals surface area contributed by atoms with E-state index >= 15 is 0 Å². The van der Waals surface area contributed by atoms with Crippen LogP contribution in [0.3, 0.4) is 0 Å². The maximum atomic E-state index is 10.5. The summed E-state index contributed by atoms with van der Waals surface area (Å²) in [6, 6.07) is 22.3. The Morgan fingerprint density at radius 1 is 0.327 bits per heavy atom. The molecule has 0 bridgehead atoms. The second-order valence-corrected chi connectivity index (χ2v) is 14.4. The molecule has 4 aromatic carbocycles. The van der Waals surface area contributed by atoms with Crippen molar-refractivity contribution in [3.8, 4) is 0 Å². The summed E-state index contributed by atoms with van der Waals surface area (Å²) in [5.74, 6) is 0. The number of rotatable bonds is 8. The van der Waals surface area contributed by atoms with Crippen molar-refractivity contribution in [1.82, 2.24) is 0 Å². The fourth-order valence-electron chi connectivity index (χ4n) is 3.08. The van der Waals surface area contributed by atoms with Crippen molar-refractivity contribution in [3.05, 3.63) is 153 Å². The van der Waals surface area contributed by atoms with Gasteiger partial charge in [-0.2, -0.15) is 0 Å². The molecule has 4 aromatic rings. The Kier molecular flexibility index (Phi) is 17.7. The van der Waals surface area contributed by atoms with E-state index in [1.165, 1.54) is 97.1 Å². The van der Waals surface area contributed by atoms with Crippen molar-refractivity contribution in [2.24, 2.45) is 0 Å². The summed E-state index contributed by atoms with van der Waals surface area (Å²) in [5.41, 5.74) is 3.12. The molecule has 0 saturated carbocycles. The zero-order valence-corrected chi connectivity index (χ0v) is 28.7. The van der Waals surface area contributed by atoms with Gasteiger partial charge >= 0.3 is 7.43 Å². The van der Waals surface area contributed by atoms with E-state index in [9.17, 15) is 51.9 Å². The summed E-state index contributed by atoms with van der Waals surface area (Å²) in [6.07, 6.45) is 6.28. The molecule has 256 valence electrons. The maximum Gasteiger partial charge on any atom is 4.00 e. The molecule has 0 aliphatic carbocycles. The molecule has 0 aliphatic rings. The predicted molar refractivity (Wildman–Crippen MR) is 181 cm³/mol. The third-order valence-corrected chi connectivity index (χ3v) is 9.02. The molecule has 0 N–H and O–H groups in total. The average molecular weight is 745 g/mol. The fourth-order valence-corrected chi connectivity index (χ4v) is 4.96. The van der Waals surface area contributed by atoms with Gasteiger partial charge in [-0.1, -0.05) is 99.2 Å². The molecule has 0 saturated heterocycles. The van der Waals surface area contributed by atoms with Crippen LogP contribution in [0, 0.1) is 7.43 Å². The first-order valence-electron chi connectivity index (χ1n) is 12.9. The Hall–Kier alpha value is -4.52. The second-order valence-electron chi connectivity index (χ2n) is 8.91. The minimum Gasteiger partial charge on any atom is -0.744 e. The molecule has 0 atom stereocenters. The number of hydrogen-bond acceptors (Lipinski definition) is 12. The second kappa shape index (κ2) is 19.5. The Morgan fingerprint density at radius 3 is 0.531 bits per heavy atom. The van der Waals surface area contributed by atoms with Crippen molar-refractivity contribution in [3.63, 3.8) is 0 Å². The van der Waals surface area contributed by atoms with Gasteiger partial charge in [0.1, 0.15) is 40.5 Å². The zero-order valence-electron chi connectivity index (χ0n) is 25.4. The topological polar surface area (TPSA) is 229 Å². The Balaban J connectivity index is 0.000000623. The normalized spacial score (nSPS) is 10.9. The first-order chi connectivity index (χ1) is 22.1. The van der Waals surface area contributed by atoms with Gasteiger partial charge in [-0.05, 0) is 70.8 Å². The summed E-state index contributed by atoms with van der Waals surface area (Å²) in [7, 11) is -17.2. The average Bonchev–Trinajstić information content (AvgIpc) is 3.04. The molecule has 0 fully saturated rings. The van der Waals surface area contributed by atoms with Crippen molar-refractivity contribution in [2.75, 3.05) is 0 Å². The SMILES string of the molecule is C=Cc1ccc(S(=O)(=O)[O-])cc1.C=Cc1ccc(S(=O)(=O)[O-])cc1.C=Cc1ccc(S(=O)(=O)[O-])cc1.C=Cc1ccc(S(=O)(=O)[O-])cc1.[C+4]. The van der Waals surface area contributed by atoms with E-state index < -0.39 is 40.5 Å². The van der Waals surface area contributed by atoms with Crippen LogP contribution < -0.4 is 0 Å². The Morgan fingerprint density at radius 2 is 0.449 bits per heavy atom. The minimum absolute atomic E-state index is 0. The molecule has 0 radical (unpaired) electrons. The molecular formula is C33H28O12S4. The van der Waals surface area contributed by atoms with Crippen LogP contribution in [0.5, 0.6) is 0 Å². The van der Waals surface area contributed by atoms with Gasteiger partial charge < -0.3 is 18.2 Å². The van der Waals surface area contributed by atoms with E-state index in [0.29, 0.717) is 0 Å². The van der Waals surface area contributed by atoms with Crippen molar-refractivity contribution in [2.45, 2.75) is 19.6 Å². The smallest absolute Gasteiger partial charge is 0.744 e. The molecule has 0 spiro atoms. The summed E-state index contributed by atoms with van der Waals surface area (Å²) >= 11 is 0. The van der Waals surface area contributed by atoms with Crippen molar-refractivity contribution in [1.29, 1.82) is 0 Å². The third-order valence-electron chi connectivity index (χ3n) is 5.62. The molecule has 0 amide bonds. The van der Waals surface area contributed by atoms with Crippen molar-refractivity contribution >= 4 is 64.8 Å². The monoisotopic (exact) mass is 744 g/mol. The molecule has 0 aliphatic heterocycles. The standard InChI is InChI=1S/4C8H8O3S.C/c4*1-2-7-3-5-8(6-4-7)12(9,10)11;/h4*2-6H,1H2,(H,9,10,11);/q;;;;+4/p-4. The molecule has 16 heteroatoms. The first-order valence-corrected chi connectivity index (χ1v) is 18.5. The van der Waals surface area contributed by atoms with Crippen LogP contribution in [-0.4, -0.2) is 51.9 Å². The van der Waals surface area contributed by atoms with Gasteiger partial charge in [-0.3, -0.25) is 0 Å². The minimum atomic E-state index is -4.31. The van der Waals surface area contributed by atoms with E-state index in [0.717, 1.165) is 22.3 Å². The number of hydrogen-bond donors (Lipinski definition) is 0. The van der Waals surface area contributed by atoms with E-state index in [-0.39, 0.29) is 27.0 Å². The molecule has 12 nitrogen and oxygen atoms in total. The van der Waals surface area contributed by atoms with Crippen LogP contribution in [0.4, 0.5) is 0 Å². The molecular weight excluding hydrogens is 717 g/mol. The molecule has 4 rings (SSSR count). The summed E-state index contributed by atoms with van der Waals surface area (Å²) in [6.45, 7) is 14.0. The van der Waals surface area contributed by atoms with E-state index in [2.05, 4.69) is 26.3 Å². The maximum absolute atomic E-state index is 10.5. The van der Waals surface area contributed by atoms with Gasteiger partial charge in [-0.15, -0.1) is 0 Å². The van der Waals surface area contributed by atoms with E-state index in [1.807, 2.05) is 0 Å². The van der Waals surface area contributed by atoms with Crippen LogP contribution in [0.25, 0.3) is 24.3 Å². The summed E-state index contributed by atoms with van der Waals surface area (Å²) in [4.78, 5) is -0.859. The van der Waals surface area contributed by atoms with Gasteiger partial charge in [0.25, 0.3) is 0 Å². The third kappa shape index (κ3) is 16.4. The van der Waals surface area contributed by atoms with Crippen LogP contribution in [0.1, 0.15) is 22.3 Å². The van der Waals surface area contributed by atoms with Crippen LogP contribution in [0.2, 0.25) is 0 Å². The molecule has 0 aromatic heterocycles. The summed E-state index contributed by atoms with van der Waals surface area (Å²) in [5, 5.41) is 0. The molecule has 49 heavy (non-hydrogen) atoms. The Bertz CT molecular complexity index is 1820. The van der Waals surface area contributed by atoms with Crippen molar-refractivity contribution < 1.29 is 51.9 Å².